The molecule has 4 N–H and O–H groups in total. The first-order chi connectivity index (χ1) is 8.56. The van der Waals surface area contributed by atoms with E-state index in [2.05, 4.69) is 10.6 Å². The molecule has 0 aromatic heterocycles. The maximum absolute atomic E-state index is 11.9. The molecule has 1 fully saturated rings. The van der Waals surface area contributed by atoms with Crippen molar-refractivity contribution in [3.63, 3.8) is 0 Å². The first-order valence-electron chi connectivity index (χ1n) is 5.53. The Morgan fingerprint density at radius 2 is 2.17 bits per heavy atom. The first-order valence-corrected chi connectivity index (χ1v) is 5.94. The lowest BCUT2D eigenvalue weighted by Gasteiger charge is -2.10. The number of benzene rings is 1. The molecule has 18 heavy (non-hydrogen) atoms. The molecule has 1 heterocycles. The average Bonchev–Trinajstić information content (AvgIpc) is 2.75. The van der Waals surface area contributed by atoms with Crippen molar-refractivity contribution in [1.29, 1.82) is 0 Å². The minimum atomic E-state index is -0.227. The maximum Gasteiger partial charge on any atom is 0.251 e. The normalized spacial score (nSPS) is 18.2. The molecule has 5 nitrogen and oxygen atoms in total. The summed E-state index contributed by atoms with van der Waals surface area (Å²) >= 11 is 4.86. The van der Waals surface area contributed by atoms with Crippen molar-refractivity contribution in [1.82, 2.24) is 10.6 Å². The van der Waals surface area contributed by atoms with Gasteiger partial charge in [0.15, 0.2) is 0 Å². The molecule has 2 rings (SSSR count). The summed E-state index contributed by atoms with van der Waals surface area (Å²) < 4.78 is 0. The number of carbonyl (C=O) groups excluding carboxylic acids is 2. The van der Waals surface area contributed by atoms with Gasteiger partial charge < -0.3 is 16.4 Å². The van der Waals surface area contributed by atoms with Gasteiger partial charge in [0.2, 0.25) is 5.91 Å². The van der Waals surface area contributed by atoms with Crippen LogP contribution in [0.25, 0.3) is 0 Å². The number of rotatable bonds is 3. The zero-order valence-electron chi connectivity index (χ0n) is 9.60. The van der Waals surface area contributed by atoms with Crippen molar-refractivity contribution in [2.45, 2.75) is 12.5 Å². The van der Waals surface area contributed by atoms with Crippen LogP contribution in [0.4, 0.5) is 0 Å². The third kappa shape index (κ3) is 2.84. The first kappa shape index (κ1) is 12.5. The van der Waals surface area contributed by atoms with Gasteiger partial charge in [-0.2, -0.15) is 0 Å². The molecule has 1 saturated heterocycles. The van der Waals surface area contributed by atoms with Crippen molar-refractivity contribution >= 4 is 29.0 Å². The Morgan fingerprint density at radius 3 is 2.78 bits per heavy atom. The molecular formula is C12H13N3O2S. The fourth-order valence-corrected chi connectivity index (χ4v) is 1.92. The molecule has 0 bridgehead atoms. The Bertz CT molecular complexity index is 516. The molecule has 0 spiro atoms. The summed E-state index contributed by atoms with van der Waals surface area (Å²) in [6.07, 6.45) is 0.320. The Balaban J connectivity index is 2.06. The summed E-state index contributed by atoms with van der Waals surface area (Å²) in [5, 5.41) is 5.45. The molecule has 0 radical (unpaired) electrons. The van der Waals surface area contributed by atoms with Gasteiger partial charge in [-0.15, -0.1) is 0 Å². The van der Waals surface area contributed by atoms with E-state index in [0.29, 0.717) is 24.1 Å². The molecule has 2 amide bonds. The lowest BCUT2D eigenvalue weighted by molar-refractivity contribution is -0.119. The lowest BCUT2D eigenvalue weighted by atomic mass is 10.1. The second-order valence-electron chi connectivity index (χ2n) is 4.12. The predicted octanol–water partition coefficient (Wildman–Crippen LogP) is -0.0609. The topological polar surface area (TPSA) is 84.2 Å². The van der Waals surface area contributed by atoms with Gasteiger partial charge in [-0.05, 0) is 12.1 Å². The molecule has 1 atom stereocenters. The number of thiocarbonyl (C=S) groups is 1. The highest BCUT2D eigenvalue weighted by Gasteiger charge is 2.23. The summed E-state index contributed by atoms with van der Waals surface area (Å²) in [4.78, 5) is 23.2. The highest BCUT2D eigenvalue weighted by atomic mass is 32.1. The monoisotopic (exact) mass is 263 g/mol. The summed E-state index contributed by atoms with van der Waals surface area (Å²) in [6.45, 7) is 0.472. The summed E-state index contributed by atoms with van der Waals surface area (Å²) in [6, 6.07) is 6.64. The van der Waals surface area contributed by atoms with Crippen LogP contribution in [0.1, 0.15) is 22.3 Å². The second kappa shape index (κ2) is 5.14. The molecule has 0 saturated carbocycles. The van der Waals surface area contributed by atoms with E-state index in [1.165, 1.54) is 0 Å². The Labute approximate surface area is 110 Å². The average molecular weight is 263 g/mol. The van der Waals surface area contributed by atoms with Crippen LogP contribution in [0.5, 0.6) is 0 Å². The number of nitrogens with two attached hydrogens (primary N) is 1. The second-order valence-corrected chi connectivity index (χ2v) is 4.56. The van der Waals surface area contributed by atoms with E-state index in [0.717, 1.165) is 0 Å². The van der Waals surface area contributed by atoms with Gasteiger partial charge in [-0.3, -0.25) is 9.59 Å². The number of amides is 2. The Morgan fingerprint density at radius 1 is 1.44 bits per heavy atom. The van der Waals surface area contributed by atoms with Gasteiger partial charge in [0, 0.05) is 24.1 Å². The van der Waals surface area contributed by atoms with E-state index in [1.54, 1.807) is 24.3 Å². The largest absolute Gasteiger partial charge is 0.389 e. The SMILES string of the molecule is NC(=S)c1cccc(C(=O)NC2CNC(=O)C2)c1. The van der Waals surface area contributed by atoms with Crippen molar-refractivity contribution in [2.24, 2.45) is 5.73 Å². The third-order valence-electron chi connectivity index (χ3n) is 2.72. The van der Waals surface area contributed by atoms with Crippen LogP contribution in [0.2, 0.25) is 0 Å². The fourth-order valence-electron chi connectivity index (χ4n) is 1.79. The van der Waals surface area contributed by atoms with Crippen LogP contribution in [0, 0.1) is 0 Å². The standard InChI is InChI=1S/C12H13N3O2S/c13-11(18)7-2-1-3-8(4-7)12(17)15-9-5-10(16)14-6-9/h1-4,9H,5-6H2,(H2,13,18)(H,14,16)(H,15,17). The van der Waals surface area contributed by atoms with Gasteiger partial charge in [0.1, 0.15) is 4.99 Å². The van der Waals surface area contributed by atoms with Gasteiger partial charge in [0.25, 0.3) is 5.91 Å². The molecule has 1 aliphatic rings. The van der Waals surface area contributed by atoms with Crippen LogP contribution in [0.3, 0.4) is 0 Å². The third-order valence-corrected chi connectivity index (χ3v) is 2.96. The number of carbonyl (C=O) groups is 2. The van der Waals surface area contributed by atoms with Crippen LogP contribution >= 0.6 is 12.2 Å². The Hall–Kier alpha value is -1.95. The van der Waals surface area contributed by atoms with E-state index in [4.69, 9.17) is 18.0 Å². The van der Waals surface area contributed by atoms with Gasteiger partial charge in [-0.25, -0.2) is 0 Å². The quantitative estimate of drug-likeness (QED) is 0.667. The summed E-state index contributed by atoms with van der Waals surface area (Å²) in [7, 11) is 0. The molecule has 1 aliphatic heterocycles. The Kier molecular flexibility index (Phi) is 3.57. The fraction of sp³-hybridized carbons (Fsp3) is 0.250. The summed E-state index contributed by atoms with van der Waals surface area (Å²) in [5.41, 5.74) is 6.65. The molecule has 1 aromatic carbocycles. The lowest BCUT2D eigenvalue weighted by Crippen LogP contribution is -2.36. The molecular weight excluding hydrogens is 250 g/mol. The van der Waals surface area contributed by atoms with Crippen molar-refractivity contribution < 1.29 is 9.59 Å². The highest BCUT2D eigenvalue weighted by molar-refractivity contribution is 7.80. The van der Waals surface area contributed by atoms with E-state index >= 15 is 0 Å². The predicted molar refractivity (Wildman–Crippen MR) is 71.2 cm³/mol. The zero-order valence-corrected chi connectivity index (χ0v) is 10.4. The van der Waals surface area contributed by atoms with Crippen LogP contribution in [-0.2, 0) is 4.79 Å². The smallest absolute Gasteiger partial charge is 0.251 e. The van der Waals surface area contributed by atoms with Crippen LogP contribution in [0.15, 0.2) is 24.3 Å². The molecule has 1 unspecified atom stereocenters. The molecule has 1 aromatic rings. The van der Waals surface area contributed by atoms with Gasteiger partial charge in [0.05, 0.1) is 6.04 Å². The van der Waals surface area contributed by atoms with Crippen molar-refractivity contribution in [3.8, 4) is 0 Å². The van der Waals surface area contributed by atoms with Gasteiger partial charge >= 0.3 is 0 Å². The van der Waals surface area contributed by atoms with E-state index < -0.39 is 0 Å². The van der Waals surface area contributed by atoms with E-state index in [-0.39, 0.29) is 22.8 Å². The summed E-state index contributed by atoms with van der Waals surface area (Å²) in [5.74, 6) is -0.271. The number of hydrogen-bond donors (Lipinski definition) is 3. The van der Waals surface area contributed by atoms with E-state index in [1.807, 2.05) is 0 Å². The molecule has 94 valence electrons. The maximum atomic E-state index is 11.9. The minimum absolute atomic E-state index is 0.0443. The van der Waals surface area contributed by atoms with Crippen molar-refractivity contribution in [3.05, 3.63) is 35.4 Å². The number of nitrogens with one attached hydrogen (secondary N) is 2. The van der Waals surface area contributed by atoms with E-state index in [9.17, 15) is 9.59 Å². The zero-order chi connectivity index (χ0) is 13.1. The molecule has 6 heteroatoms. The van der Waals surface area contributed by atoms with Crippen LogP contribution < -0.4 is 16.4 Å². The highest BCUT2D eigenvalue weighted by Crippen LogP contribution is 2.07. The minimum Gasteiger partial charge on any atom is -0.389 e. The van der Waals surface area contributed by atoms with Crippen molar-refractivity contribution in [2.75, 3.05) is 6.54 Å². The van der Waals surface area contributed by atoms with Crippen LogP contribution in [-0.4, -0.2) is 29.4 Å². The number of hydrogen-bond acceptors (Lipinski definition) is 3. The molecule has 0 aliphatic carbocycles. The van der Waals surface area contributed by atoms with Gasteiger partial charge in [-0.1, -0.05) is 24.4 Å².